The van der Waals surface area contributed by atoms with E-state index in [0.717, 1.165) is 25.0 Å². The summed E-state index contributed by atoms with van der Waals surface area (Å²) < 4.78 is 30.9. The lowest BCUT2D eigenvalue weighted by Gasteiger charge is -2.26. The van der Waals surface area contributed by atoms with Gasteiger partial charge in [0.2, 0.25) is 11.8 Å². The second-order valence-electron chi connectivity index (χ2n) is 7.08. The first-order valence-corrected chi connectivity index (χ1v) is 9.92. The Morgan fingerprint density at radius 1 is 0.969 bits per heavy atom. The molecule has 10 heteroatoms. The van der Waals surface area contributed by atoms with E-state index >= 15 is 0 Å². The number of rotatable bonds is 7. The summed E-state index contributed by atoms with van der Waals surface area (Å²) in [5, 5.41) is 4.55. The quantitative estimate of drug-likeness (QED) is 0.637. The number of amides is 3. The highest BCUT2D eigenvalue weighted by atomic mass is 19.2. The fraction of sp³-hybridized carbons (Fsp3) is 0.273. The minimum atomic E-state index is -1.12. The van der Waals surface area contributed by atoms with Crippen molar-refractivity contribution in [3.8, 4) is 0 Å². The molecule has 32 heavy (non-hydrogen) atoms. The molecule has 1 aliphatic rings. The summed E-state index contributed by atoms with van der Waals surface area (Å²) in [4.78, 5) is 49.3. The van der Waals surface area contributed by atoms with Gasteiger partial charge in [-0.1, -0.05) is 0 Å². The van der Waals surface area contributed by atoms with Gasteiger partial charge in [0.1, 0.15) is 0 Å². The minimum absolute atomic E-state index is 0.0317. The molecule has 168 valence electrons. The fourth-order valence-corrected chi connectivity index (χ4v) is 3.08. The average Bonchev–Trinajstić information content (AvgIpc) is 2.79. The van der Waals surface area contributed by atoms with E-state index in [1.165, 1.54) is 18.2 Å². The van der Waals surface area contributed by atoms with Crippen molar-refractivity contribution in [2.75, 3.05) is 29.9 Å². The number of nitrogens with one attached hydrogen (secondary N) is 2. The van der Waals surface area contributed by atoms with Gasteiger partial charge in [0.15, 0.2) is 18.2 Å². The number of piperidine rings is 1. The van der Waals surface area contributed by atoms with Crippen LogP contribution in [0.3, 0.4) is 0 Å². The van der Waals surface area contributed by atoms with E-state index in [2.05, 4.69) is 10.6 Å². The Bertz CT molecular complexity index is 1030. The molecule has 2 N–H and O–H groups in total. The number of nitrogens with zero attached hydrogens (tertiary/aromatic N) is 1. The molecule has 0 atom stereocenters. The number of ether oxygens (including phenoxy) is 1. The Morgan fingerprint density at radius 3 is 2.41 bits per heavy atom. The van der Waals surface area contributed by atoms with E-state index in [9.17, 15) is 28.0 Å². The number of esters is 1. The SMILES string of the molecule is O=C(COC(=O)c1ccc(N2CCCCC2=O)cc1)NCC(=O)Nc1ccc(F)c(F)c1. The largest absolute Gasteiger partial charge is 0.452 e. The van der Waals surface area contributed by atoms with Crippen LogP contribution in [-0.2, 0) is 19.1 Å². The molecule has 1 saturated heterocycles. The van der Waals surface area contributed by atoms with Crippen molar-refractivity contribution >= 4 is 35.1 Å². The van der Waals surface area contributed by atoms with Gasteiger partial charge in [-0.2, -0.15) is 0 Å². The van der Waals surface area contributed by atoms with Crippen LogP contribution in [-0.4, -0.2) is 43.4 Å². The van der Waals surface area contributed by atoms with E-state index in [4.69, 9.17) is 4.74 Å². The zero-order chi connectivity index (χ0) is 23.1. The summed E-state index contributed by atoms with van der Waals surface area (Å²) in [7, 11) is 0. The molecule has 3 rings (SSSR count). The zero-order valence-electron chi connectivity index (χ0n) is 17.0. The van der Waals surface area contributed by atoms with Crippen LogP contribution < -0.4 is 15.5 Å². The predicted molar refractivity (Wildman–Crippen MR) is 111 cm³/mol. The van der Waals surface area contributed by atoms with Gasteiger partial charge in [0.05, 0.1) is 12.1 Å². The first-order chi connectivity index (χ1) is 15.3. The summed E-state index contributed by atoms with van der Waals surface area (Å²) in [6, 6.07) is 9.14. The summed E-state index contributed by atoms with van der Waals surface area (Å²) in [6.07, 6.45) is 2.29. The molecule has 1 heterocycles. The number of anilines is 2. The van der Waals surface area contributed by atoms with Crippen LogP contribution in [0.25, 0.3) is 0 Å². The normalized spacial score (nSPS) is 13.4. The van der Waals surface area contributed by atoms with Crippen LogP contribution in [0, 0.1) is 11.6 Å². The van der Waals surface area contributed by atoms with Crippen molar-refractivity contribution in [1.82, 2.24) is 5.32 Å². The molecular formula is C22H21F2N3O5. The molecular weight excluding hydrogens is 424 g/mol. The molecule has 0 aromatic heterocycles. The summed E-state index contributed by atoms with van der Waals surface area (Å²) in [5.41, 5.74) is 0.933. The van der Waals surface area contributed by atoms with Gasteiger partial charge in [-0.25, -0.2) is 13.6 Å². The number of benzene rings is 2. The minimum Gasteiger partial charge on any atom is -0.452 e. The predicted octanol–water partition coefficient (Wildman–Crippen LogP) is 2.39. The molecule has 0 unspecified atom stereocenters. The van der Waals surface area contributed by atoms with E-state index in [1.54, 1.807) is 17.0 Å². The third-order valence-electron chi connectivity index (χ3n) is 4.72. The van der Waals surface area contributed by atoms with Crippen LogP contribution in [0.5, 0.6) is 0 Å². The van der Waals surface area contributed by atoms with E-state index in [0.29, 0.717) is 18.7 Å². The molecule has 0 radical (unpaired) electrons. The van der Waals surface area contributed by atoms with E-state index < -0.39 is 42.6 Å². The van der Waals surface area contributed by atoms with E-state index in [-0.39, 0.29) is 17.2 Å². The number of hydrogen-bond donors (Lipinski definition) is 2. The lowest BCUT2D eigenvalue weighted by atomic mass is 10.1. The number of carbonyl (C=O) groups is 4. The first kappa shape index (κ1) is 22.9. The molecule has 0 spiro atoms. The topological polar surface area (TPSA) is 105 Å². The maximum Gasteiger partial charge on any atom is 0.338 e. The number of halogens is 2. The number of carbonyl (C=O) groups excluding carboxylic acids is 4. The van der Waals surface area contributed by atoms with Crippen molar-refractivity contribution in [3.05, 3.63) is 59.7 Å². The molecule has 0 bridgehead atoms. The molecule has 2 aromatic carbocycles. The maximum atomic E-state index is 13.1. The third-order valence-corrected chi connectivity index (χ3v) is 4.72. The zero-order valence-corrected chi connectivity index (χ0v) is 17.0. The standard InChI is InChI=1S/C22H21F2N3O5/c23-17-9-6-15(11-18(17)24)26-19(28)12-25-20(29)13-32-22(31)14-4-7-16(8-5-14)27-10-2-1-3-21(27)30/h4-9,11H,1-3,10,12-13H2,(H,25,29)(H,26,28). The second-order valence-corrected chi connectivity index (χ2v) is 7.08. The maximum absolute atomic E-state index is 13.1. The van der Waals surface area contributed by atoms with Crippen LogP contribution in [0.1, 0.15) is 29.6 Å². The van der Waals surface area contributed by atoms with Crippen molar-refractivity contribution in [3.63, 3.8) is 0 Å². The Labute approximate surface area is 182 Å². The third kappa shape index (κ3) is 6.10. The van der Waals surface area contributed by atoms with Gasteiger partial charge in [-0.05, 0) is 49.2 Å². The molecule has 1 fully saturated rings. The van der Waals surface area contributed by atoms with Crippen LogP contribution >= 0.6 is 0 Å². The fourth-order valence-electron chi connectivity index (χ4n) is 3.08. The van der Waals surface area contributed by atoms with Gasteiger partial charge in [-0.15, -0.1) is 0 Å². The molecule has 1 aliphatic heterocycles. The Kier molecular flexibility index (Phi) is 7.48. The van der Waals surface area contributed by atoms with Gasteiger partial charge >= 0.3 is 5.97 Å². The summed E-state index contributed by atoms with van der Waals surface area (Å²) >= 11 is 0. The summed E-state index contributed by atoms with van der Waals surface area (Å²) in [6.45, 7) is -0.427. The lowest BCUT2D eigenvalue weighted by Crippen LogP contribution is -2.35. The van der Waals surface area contributed by atoms with Gasteiger partial charge in [-0.3, -0.25) is 14.4 Å². The molecule has 3 amide bonds. The van der Waals surface area contributed by atoms with Crippen LogP contribution in [0.2, 0.25) is 0 Å². The highest BCUT2D eigenvalue weighted by Gasteiger charge is 2.20. The molecule has 0 saturated carbocycles. The van der Waals surface area contributed by atoms with Crippen molar-refractivity contribution in [2.45, 2.75) is 19.3 Å². The Hall–Kier alpha value is -3.82. The van der Waals surface area contributed by atoms with Crippen molar-refractivity contribution in [1.29, 1.82) is 0 Å². The highest BCUT2D eigenvalue weighted by molar-refractivity contribution is 5.96. The second kappa shape index (κ2) is 10.5. The summed E-state index contributed by atoms with van der Waals surface area (Å²) in [5.74, 6) is -4.24. The van der Waals surface area contributed by atoms with Crippen molar-refractivity contribution in [2.24, 2.45) is 0 Å². The van der Waals surface area contributed by atoms with Crippen LogP contribution in [0.4, 0.5) is 20.2 Å². The van der Waals surface area contributed by atoms with Crippen molar-refractivity contribution < 1.29 is 32.7 Å². The Balaban J connectivity index is 1.42. The molecule has 0 aliphatic carbocycles. The average molecular weight is 445 g/mol. The van der Waals surface area contributed by atoms with Gasteiger partial charge in [0.25, 0.3) is 5.91 Å². The molecule has 8 nitrogen and oxygen atoms in total. The lowest BCUT2D eigenvalue weighted by molar-refractivity contribution is -0.126. The van der Waals surface area contributed by atoms with Gasteiger partial charge < -0.3 is 20.3 Å². The number of hydrogen-bond acceptors (Lipinski definition) is 5. The highest BCUT2D eigenvalue weighted by Crippen LogP contribution is 2.21. The monoisotopic (exact) mass is 445 g/mol. The van der Waals surface area contributed by atoms with E-state index in [1.807, 2.05) is 0 Å². The van der Waals surface area contributed by atoms with Gasteiger partial charge in [0, 0.05) is 30.4 Å². The van der Waals surface area contributed by atoms with Crippen LogP contribution in [0.15, 0.2) is 42.5 Å². The molecule has 2 aromatic rings. The Morgan fingerprint density at radius 2 is 1.72 bits per heavy atom. The smallest absolute Gasteiger partial charge is 0.338 e. The first-order valence-electron chi connectivity index (χ1n) is 9.92.